The molecule has 3 aliphatic rings. The molecule has 0 nitrogen and oxygen atoms in total. The van der Waals surface area contributed by atoms with E-state index in [4.69, 9.17) is 0 Å². The van der Waals surface area contributed by atoms with E-state index in [0.29, 0.717) is 0 Å². The number of hydrogen-bond donors (Lipinski definition) is 0. The molecule has 0 heteroatoms. The molecule has 0 N–H and O–H groups in total. The Balaban J connectivity index is 1.66. The van der Waals surface area contributed by atoms with Crippen molar-refractivity contribution in [3.8, 4) is 0 Å². The Hall–Kier alpha value is -1.30. The van der Waals surface area contributed by atoms with Crippen LogP contribution in [0.15, 0.2) is 54.1 Å². The second kappa shape index (κ2) is 7.30. The summed E-state index contributed by atoms with van der Waals surface area (Å²) in [5.74, 6) is 1.69. The smallest absolute Gasteiger partial charge is 0.0200 e. The first-order valence-corrected chi connectivity index (χ1v) is 10.3. The average Bonchev–Trinajstić information content (AvgIpc) is 2.70. The molecule has 2 fully saturated rings. The minimum atomic E-state index is 0.267. The van der Waals surface area contributed by atoms with Crippen LogP contribution in [0.4, 0.5) is 0 Å². The van der Waals surface area contributed by atoms with Gasteiger partial charge in [-0.2, -0.15) is 0 Å². The van der Waals surface area contributed by atoms with Crippen molar-refractivity contribution >= 4 is 0 Å². The van der Waals surface area contributed by atoms with Crippen LogP contribution in [0.25, 0.3) is 0 Å². The van der Waals surface area contributed by atoms with Gasteiger partial charge < -0.3 is 0 Å². The third-order valence-electron chi connectivity index (χ3n) is 6.98. The van der Waals surface area contributed by atoms with Gasteiger partial charge in [0.25, 0.3) is 0 Å². The van der Waals surface area contributed by atoms with E-state index >= 15 is 0 Å². The molecule has 0 spiro atoms. The van der Waals surface area contributed by atoms with Gasteiger partial charge in [0, 0.05) is 5.41 Å². The van der Waals surface area contributed by atoms with Gasteiger partial charge in [-0.15, -0.1) is 0 Å². The third kappa shape index (κ3) is 3.13. The number of rotatable bonds is 3. The molecule has 0 radical (unpaired) electrons. The SMILES string of the molecule is C1=CC(c2ccccc2)(C2CCCCC2)CC(C2CCCCC2)=C1. The molecule has 1 aromatic carbocycles. The quantitative estimate of drug-likeness (QED) is 0.564. The summed E-state index contributed by atoms with van der Waals surface area (Å²) in [6, 6.07) is 11.4. The Bertz CT molecular complexity index is 582. The van der Waals surface area contributed by atoms with E-state index in [-0.39, 0.29) is 5.41 Å². The fourth-order valence-corrected chi connectivity index (χ4v) is 5.63. The summed E-state index contributed by atoms with van der Waals surface area (Å²) in [5.41, 5.74) is 3.59. The predicted molar refractivity (Wildman–Crippen MR) is 103 cm³/mol. The first-order chi connectivity index (χ1) is 11.9. The fraction of sp³-hybridized carbons (Fsp3) is 0.583. The fourth-order valence-electron chi connectivity index (χ4n) is 5.63. The minimum absolute atomic E-state index is 0.267. The van der Waals surface area contributed by atoms with Crippen LogP contribution in [0.2, 0.25) is 0 Å². The first-order valence-electron chi connectivity index (χ1n) is 10.3. The van der Waals surface area contributed by atoms with Gasteiger partial charge in [0.15, 0.2) is 0 Å². The number of allylic oxidation sites excluding steroid dienone is 4. The molecule has 4 rings (SSSR count). The molecule has 3 aliphatic carbocycles. The van der Waals surface area contributed by atoms with E-state index in [1.807, 2.05) is 0 Å². The molecule has 0 amide bonds. The van der Waals surface area contributed by atoms with Gasteiger partial charge in [0.05, 0.1) is 0 Å². The van der Waals surface area contributed by atoms with E-state index in [9.17, 15) is 0 Å². The summed E-state index contributed by atoms with van der Waals surface area (Å²) >= 11 is 0. The van der Waals surface area contributed by atoms with Crippen molar-refractivity contribution in [3.05, 3.63) is 59.7 Å². The van der Waals surface area contributed by atoms with Crippen LogP contribution in [-0.4, -0.2) is 0 Å². The molecule has 1 unspecified atom stereocenters. The van der Waals surface area contributed by atoms with Gasteiger partial charge in [-0.05, 0) is 49.5 Å². The molecule has 0 aliphatic heterocycles. The maximum absolute atomic E-state index is 2.57. The van der Waals surface area contributed by atoms with Crippen LogP contribution in [-0.2, 0) is 5.41 Å². The van der Waals surface area contributed by atoms with Gasteiger partial charge >= 0.3 is 0 Å². The Morgan fingerprint density at radius 2 is 1.42 bits per heavy atom. The highest BCUT2D eigenvalue weighted by Crippen LogP contribution is 2.49. The van der Waals surface area contributed by atoms with Crippen molar-refractivity contribution in [2.24, 2.45) is 11.8 Å². The summed E-state index contributed by atoms with van der Waals surface area (Å²) in [7, 11) is 0. The van der Waals surface area contributed by atoms with Gasteiger partial charge in [0.1, 0.15) is 0 Å². The standard InChI is InChI=1S/C24H32/c1-4-11-20(12-5-1)21-13-10-18-24(19-21,22-14-6-2-7-15-22)23-16-8-3-9-17-23/h2,6-7,10,13-15,18,20,23H,1,3-5,8-9,11-12,16-17,19H2. The highest BCUT2D eigenvalue weighted by atomic mass is 14.4. The van der Waals surface area contributed by atoms with Crippen LogP contribution in [0, 0.1) is 11.8 Å². The van der Waals surface area contributed by atoms with Crippen LogP contribution in [0.5, 0.6) is 0 Å². The lowest BCUT2D eigenvalue weighted by Gasteiger charge is -2.44. The molecule has 1 atom stereocenters. The van der Waals surface area contributed by atoms with E-state index in [1.54, 1.807) is 11.1 Å². The molecular weight excluding hydrogens is 288 g/mol. The Kier molecular flexibility index (Phi) is 4.92. The topological polar surface area (TPSA) is 0 Å². The summed E-state index contributed by atoms with van der Waals surface area (Å²) in [4.78, 5) is 0. The van der Waals surface area contributed by atoms with Crippen molar-refractivity contribution in [1.29, 1.82) is 0 Å². The Labute approximate surface area is 148 Å². The second-order valence-electron chi connectivity index (χ2n) is 8.35. The zero-order chi connectivity index (χ0) is 16.2. The molecule has 0 aromatic heterocycles. The van der Waals surface area contributed by atoms with Crippen LogP contribution in [0.3, 0.4) is 0 Å². The molecule has 1 aromatic rings. The van der Waals surface area contributed by atoms with E-state index in [1.165, 1.54) is 70.6 Å². The highest BCUT2D eigenvalue weighted by molar-refractivity contribution is 5.40. The summed E-state index contributed by atoms with van der Waals surface area (Å²) in [6.07, 6.45) is 23.0. The molecule has 2 saturated carbocycles. The predicted octanol–water partition coefficient (Wildman–Crippen LogP) is 6.97. The van der Waals surface area contributed by atoms with Crippen molar-refractivity contribution in [2.45, 2.75) is 76.0 Å². The molecular formula is C24H32. The van der Waals surface area contributed by atoms with Crippen molar-refractivity contribution in [2.75, 3.05) is 0 Å². The lowest BCUT2D eigenvalue weighted by molar-refractivity contribution is 0.233. The van der Waals surface area contributed by atoms with E-state index in [0.717, 1.165) is 11.8 Å². The first kappa shape index (κ1) is 16.2. The summed E-state index contributed by atoms with van der Waals surface area (Å²) in [6.45, 7) is 0. The Morgan fingerprint density at radius 1 is 0.750 bits per heavy atom. The molecule has 128 valence electrons. The van der Waals surface area contributed by atoms with Gasteiger partial charge in [-0.25, -0.2) is 0 Å². The largest absolute Gasteiger partial charge is 0.0733 e. The summed E-state index contributed by atoms with van der Waals surface area (Å²) in [5, 5.41) is 0. The number of benzene rings is 1. The zero-order valence-electron chi connectivity index (χ0n) is 15.1. The summed E-state index contributed by atoms with van der Waals surface area (Å²) < 4.78 is 0. The third-order valence-corrected chi connectivity index (χ3v) is 6.98. The number of hydrogen-bond acceptors (Lipinski definition) is 0. The lowest BCUT2D eigenvalue weighted by atomic mass is 9.59. The van der Waals surface area contributed by atoms with E-state index in [2.05, 4.69) is 48.6 Å². The monoisotopic (exact) mass is 320 g/mol. The maximum atomic E-state index is 2.57. The highest BCUT2D eigenvalue weighted by Gasteiger charge is 2.41. The van der Waals surface area contributed by atoms with Gasteiger partial charge in [0.2, 0.25) is 0 Å². The van der Waals surface area contributed by atoms with Crippen LogP contribution < -0.4 is 0 Å². The molecule has 0 heterocycles. The molecule has 24 heavy (non-hydrogen) atoms. The Morgan fingerprint density at radius 3 is 2.12 bits per heavy atom. The second-order valence-corrected chi connectivity index (χ2v) is 8.35. The lowest BCUT2D eigenvalue weighted by Crippen LogP contribution is -2.37. The van der Waals surface area contributed by atoms with Gasteiger partial charge in [-0.3, -0.25) is 0 Å². The molecule has 0 bridgehead atoms. The normalized spacial score (nSPS) is 29.4. The van der Waals surface area contributed by atoms with Gasteiger partial charge in [-0.1, -0.05) is 92.7 Å². The van der Waals surface area contributed by atoms with Crippen molar-refractivity contribution in [3.63, 3.8) is 0 Å². The molecule has 0 saturated heterocycles. The van der Waals surface area contributed by atoms with E-state index < -0.39 is 0 Å². The van der Waals surface area contributed by atoms with Crippen molar-refractivity contribution in [1.82, 2.24) is 0 Å². The minimum Gasteiger partial charge on any atom is -0.0733 e. The van der Waals surface area contributed by atoms with Crippen LogP contribution >= 0.6 is 0 Å². The van der Waals surface area contributed by atoms with Crippen LogP contribution in [0.1, 0.15) is 76.2 Å². The maximum Gasteiger partial charge on any atom is 0.0200 e. The van der Waals surface area contributed by atoms with Crippen molar-refractivity contribution < 1.29 is 0 Å². The zero-order valence-corrected chi connectivity index (χ0v) is 15.1. The average molecular weight is 321 g/mol.